The largest absolute Gasteiger partial charge is 0.353 e. The molecule has 1 aliphatic heterocycles. The van der Waals surface area contributed by atoms with E-state index in [9.17, 15) is 9.59 Å². The average Bonchev–Trinajstić information content (AvgIpc) is 3.42. The summed E-state index contributed by atoms with van der Waals surface area (Å²) in [6.45, 7) is 1.32. The fourth-order valence-electron chi connectivity index (χ4n) is 3.26. The molecule has 2 fully saturated rings. The Hall–Kier alpha value is -1.26. The highest BCUT2D eigenvalue weighted by Gasteiger charge is 2.31. The van der Waals surface area contributed by atoms with Crippen LogP contribution in [0.15, 0.2) is 18.2 Å². The molecule has 1 aromatic rings. The summed E-state index contributed by atoms with van der Waals surface area (Å²) in [5.41, 5.74) is 1.09. The van der Waals surface area contributed by atoms with Crippen LogP contribution < -0.4 is 5.32 Å². The smallest absolute Gasteiger partial charge is 0.225 e. The Labute approximate surface area is 158 Å². The first kappa shape index (κ1) is 18.5. The summed E-state index contributed by atoms with van der Waals surface area (Å²) in [7, 11) is 0. The van der Waals surface area contributed by atoms with Crippen molar-refractivity contribution in [2.24, 2.45) is 5.92 Å². The number of hydrogen-bond donors (Lipinski definition) is 1. The van der Waals surface area contributed by atoms with E-state index in [0.29, 0.717) is 29.1 Å². The van der Waals surface area contributed by atoms with Gasteiger partial charge in [-0.05, 0) is 56.2 Å². The lowest BCUT2D eigenvalue weighted by Gasteiger charge is -2.32. The first-order valence-corrected chi connectivity index (χ1v) is 9.80. The molecule has 0 bridgehead atoms. The van der Waals surface area contributed by atoms with Crippen LogP contribution in [0.3, 0.4) is 0 Å². The first-order valence-electron chi connectivity index (χ1n) is 9.05. The van der Waals surface area contributed by atoms with Gasteiger partial charge < -0.3 is 10.2 Å². The molecule has 1 aromatic carbocycles. The number of aryl methyl sites for hydroxylation is 1. The number of nitrogens with zero attached hydrogens (tertiary/aromatic N) is 1. The topological polar surface area (TPSA) is 49.4 Å². The van der Waals surface area contributed by atoms with Gasteiger partial charge in [-0.2, -0.15) is 0 Å². The van der Waals surface area contributed by atoms with E-state index in [4.69, 9.17) is 23.2 Å². The highest BCUT2D eigenvalue weighted by molar-refractivity contribution is 6.42. The maximum Gasteiger partial charge on any atom is 0.225 e. The number of carbonyl (C=O) groups excluding carboxylic acids is 2. The SMILES string of the molecule is O=C(NC1CC1)C1CCCN(C(=O)CCCc2ccc(Cl)c(Cl)c2)C1. The maximum absolute atomic E-state index is 12.5. The van der Waals surface area contributed by atoms with Gasteiger partial charge in [0.15, 0.2) is 0 Å². The summed E-state index contributed by atoms with van der Waals surface area (Å²) >= 11 is 11.9. The standard InChI is InChI=1S/C19H24Cl2N2O2/c20-16-9-6-13(11-17(16)21)3-1-5-18(24)23-10-2-4-14(12-23)19(25)22-15-7-8-15/h6,9,11,14-15H,1-5,7-8,10,12H2,(H,22,25). The van der Waals surface area contributed by atoms with Gasteiger partial charge in [0.05, 0.1) is 16.0 Å². The van der Waals surface area contributed by atoms with Crippen molar-refractivity contribution in [1.29, 1.82) is 0 Å². The molecule has 1 heterocycles. The van der Waals surface area contributed by atoms with Crippen LogP contribution in [0.5, 0.6) is 0 Å². The van der Waals surface area contributed by atoms with E-state index in [2.05, 4.69) is 5.32 Å². The zero-order valence-electron chi connectivity index (χ0n) is 14.3. The van der Waals surface area contributed by atoms with Crippen LogP contribution in [0.1, 0.15) is 44.1 Å². The Kier molecular flexibility index (Phi) is 6.24. The van der Waals surface area contributed by atoms with Crippen molar-refractivity contribution >= 4 is 35.0 Å². The van der Waals surface area contributed by atoms with Gasteiger partial charge in [0.1, 0.15) is 0 Å². The molecule has 1 saturated heterocycles. The fraction of sp³-hybridized carbons (Fsp3) is 0.579. The average molecular weight is 383 g/mol. The van der Waals surface area contributed by atoms with E-state index in [0.717, 1.165) is 50.6 Å². The maximum atomic E-state index is 12.5. The second-order valence-electron chi connectivity index (χ2n) is 7.06. The molecule has 1 atom stereocenters. The minimum atomic E-state index is -0.0478. The molecule has 25 heavy (non-hydrogen) atoms. The summed E-state index contributed by atoms with van der Waals surface area (Å²) in [5, 5.41) is 4.15. The van der Waals surface area contributed by atoms with Crippen molar-refractivity contribution in [3.05, 3.63) is 33.8 Å². The van der Waals surface area contributed by atoms with E-state index in [1.807, 2.05) is 17.0 Å². The van der Waals surface area contributed by atoms with Crippen molar-refractivity contribution < 1.29 is 9.59 Å². The Morgan fingerprint density at radius 3 is 2.68 bits per heavy atom. The molecule has 0 radical (unpaired) electrons. The second kappa shape index (κ2) is 8.41. The molecule has 1 saturated carbocycles. The molecule has 3 rings (SSSR count). The van der Waals surface area contributed by atoms with Gasteiger partial charge in [-0.1, -0.05) is 29.3 Å². The third kappa shape index (κ3) is 5.35. The minimum Gasteiger partial charge on any atom is -0.353 e. The van der Waals surface area contributed by atoms with Crippen LogP contribution in [0.4, 0.5) is 0 Å². The van der Waals surface area contributed by atoms with E-state index in [-0.39, 0.29) is 17.7 Å². The number of halogens is 2. The van der Waals surface area contributed by atoms with E-state index in [1.54, 1.807) is 6.07 Å². The summed E-state index contributed by atoms with van der Waals surface area (Å²) < 4.78 is 0. The number of carbonyl (C=O) groups is 2. The zero-order chi connectivity index (χ0) is 17.8. The summed E-state index contributed by atoms with van der Waals surface area (Å²) in [5.74, 6) is 0.216. The number of rotatable bonds is 6. The molecule has 1 unspecified atom stereocenters. The van der Waals surface area contributed by atoms with Crippen molar-refractivity contribution in [2.45, 2.75) is 51.0 Å². The van der Waals surface area contributed by atoms with Gasteiger partial charge in [-0.3, -0.25) is 9.59 Å². The van der Waals surface area contributed by atoms with Gasteiger partial charge in [0, 0.05) is 25.6 Å². The van der Waals surface area contributed by atoms with Crippen molar-refractivity contribution in [3.63, 3.8) is 0 Å². The van der Waals surface area contributed by atoms with Crippen LogP contribution in [0, 0.1) is 5.92 Å². The third-order valence-electron chi connectivity index (χ3n) is 4.91. The molecular weight excluding hydrogens is 359 g/mol. The van der Waals surface area contributed by atoms with Crippen LogP contribution in [-0.2, 0) is 16.0 Å². The normalized spacial score (nSPS) is 20.4. The van der Waals surface area contributed by atoms with Gasteiger partial charge in [0.25, 0.3) is 0 Å². The summed E-state index contributed by atoms with van der Waals surface area (Å²) in [4.78, 5) is 26.5. The van der Waals surface area contributed by atoms with Gasteiger partial charge in [-0.15, -0.1) is 0 Å². The highest BCUT2D eigenvalue weighted by atomic mass is 35.5. The Morgan fingerprint density at radius 2 is 1.96 bits per heavy atom. The lowest BCUT2D eigenvalue weighted by molar-refractivity contribution is -0.135. The van der Waals surface area contributed by atoms with Crippen molar-refractivity contribution in [2.75, 3.05) is 13.1 Å². The van der Waals surface area contributed by atoms with Crippen molar-refractivity contribution in [1.82, 2.24) is 10.2 Å². The lowest BCUT2D eigenvalue weighted by Crippen LogP contribution is -2.45. The van der Waals surface area contributed by atoms with Crippen molar-refractivity contribution in [3.8, 4) is 0 Å². The Bertz CT molecular complexity index is 646. The highest BCUT2D eigenvalue weighted by Crippen LogP contribution is 2.24. The number of piperidine rings is 1. The molecule has 4 nitrogen and oxygen atoms in total. The zero-order valence-corrected chi connectivity index (χ0v) is 15.8. The molecular formula is C19H24Cl2N2O2. The number of amides is 2. The van der Waals surface area contributed by atoms with Crippen LogP contribution >= 0.6 is 23.2 Å². The number of benzene rings is 1. The quantitative estimate of drug-likeness (QED) is 0.812. The van der Waals surface area contributed by atoms with Gasteiger partial charge >= 0.3 is 0 Å². The number of likely N-dealkylation sites (tertiary alicyclic amines) is 1. The van der Waals surface area contributed by atoms with E-state index < -0.39 is 0 Å². The molecule has 2 aliphatic rings. The number of nitrogens with one attached hydrogen (secondary N) is 1. The fourth-order valence-corrected chi connectivity index (χ4v) is 3.58. The molecule has 136 valence electrons. The van der Waals surface area contributed by atoms with Gasteiger partial charge in [-0.25, -0.2) is 0 Å². The van der Waals surface area contributed by atoms with Crippen LogP contribution in [0.25, 0.3) is 0 Å². The Morgan fingerprint density at radius 1 is 1.16 bits per heavy atom. The summed E-state index contributed by atoms with van der Waals surface area (Å²) in [6, 6.07) is 5.96. The van der Waals surface area contributed by atoms with E-state index >= 15 is 0 Å². The predicted molar refractivity (Wildman–Crippen MR) is 99.9 cm³/mol. The molecule has 1 N–H and O–H groups in total. The first-order chi connectivity index (χ1) is 12.0. The van der Waals surface area contributed by atoms with Gasteiger partial charge in [0.2, 0.25) is 11.8 Å². The monoisotopic (exact) mass is 382 g/mol. The molecule has 1 aliphatic carbocycles. The molecule has 0 aromatic heterocycles. The predicted octanol–water partition coefficient (Wildman–Crippen LogP) is 3.83. The van der Waals surface area contributed by atoms with Crippen LogP contribution in [-0.4, -0.2) is 35.8 Å². The molecule has 0 spiro atoms. The van der Waals surface area contributed by atoms with E-state index in [1.165, 1.54) is 0 Å². The minimum absolute atomic E-state index is 0.0478. The second-order valence-corrected chi connectivity index (χ2v) is 7.88. The lowest BCUT2D eigenvalue weighted by atomic mass is 9.96. The molecule has 6 heteroatoms. The number of hydrogen-bond acceptors (Lipinski definition) is 2. The Balaban J connectivity index is 1.43. The molecule has 2 amide bonds. The third-order valence-corrected chi connectivity index (χ3v) is 5.65. The summed E-state index contributed by atoms with van der Waals surface area (Å²) in [6.07, 6.45) is 6.03. The van der Waals surface area contributed by atoms with Crippen LogP contribution in [0.2, 0.25) is 10.0 Å².